The van der Waals surface area contributed by atoms with Crippen LogP contribution < -0.4 is 4.90 Å². The number of hydrogen-bond acceptors (Lipinski definition) is 5. The monoisotopic (exact) mass is 278 g/mol. The van der Waals surface area contributed by atoms with Crippen LogP contribution in [-0.2, 0) is 0 Å². The van der Waals surface area contributed by atoms with Gasteiger partial charge >= 0.3 is 0 Å². The Hall–Kier alpha value is -1.66. The fourth-order valence-corrected chi connectivity index (χ4v) is 2.32. The highest BCUT2D eigenvalue weighted by Gasteiger charge is 2.14. The lowest BCUT2D eigenvalue weighted by molar-refractivity contribution is -0.384. The van der Waals surface area contributed by atoms with Crippen molar-refractivity contribution in [2.75, 3.05) is 58.3 Å². The first-order valence-corrected chi connectivity index (χ1v) is 6.93. The van der Waals surface area contributed by atoms with E-state index in [4.69, 9.17) is 0 Å². The van der Waals surface area contributed by atoms with Gasteiger partial charge in [-0.25, -0.2) is 0 Å². The molecule has 0 spiro atoms. The first-order valence-electron chi connectivity index (χ1n) is 6.93. The maximum atomic E-state index is 10.6. The largest absolute Gasteiger partial charge is 0.373 e. The number of nitro benzene ring substituents is 1. The fourth-order valence-electron chi connectivity index (χ4n) is 2.32. The second kappa shape index (κ2) is 6.67. The Labute approximate surface area is 119 Å². The summed E-state index contributed by atoms with van der Waals surface area (Å²) >= 11 is 0. The van der Waals surface area contributed by atoms with Gasteiger partial charge in [-0.15, -0.1) is 0 Å². The van der Waals surface area contributed by atoms with Crippen LogP contribution in [0.1, 0.15) is 0 Å². The minimum Gasteiger partial charge on any atom is -0.373 e. The highest BCUT2D eigenvalue weighted by atomic mass is 16.6. The van der Waals surface area contributed by atoms with E-state index >= 15 is 0 Å². The predicted molar refractivity (Wildman–Crippen MR) is 80.3 cm³/mol. The average Bonchev–Trinajstić information content (AvgIpc) is 2.46. The van der Waals surface area contributed by atoms with Crippen molar-refractivity contribution in [1.29, 1.82) is 0 Å². The van der Waals surface area contributed by atoms with Crippen molar-refractivity contribution in [2.45, 2.75) is 0 Å². The van der Waals surface area contributed by atoms with Gasteiger partial charge in [0.1, 0.15) is 0 Å². The van der Waals surface area contributed by atoms with Crippen LogP contribution in [0.25, 0.3) is 0 Å². The van der Waals surface area contributed by atoms with Crippen LogP contribution in [0.4, 0.5) is 11.4 Å². The first kappa shape index (κ1) is 14.7. The van der Waals surface area contributed by atoms with Crippen molar-refractivity contribution in [3.05, 3.63) is 34.4 Å². The average molecular weight is 278 g/mol. The zero-order valence-corrected chi connectivity index (χ0v) is 12.2. The molecule has 1 saturated heterocycles. The Morgan fingerprint density at radius 1 is 1.20 bits per heavy atom. The normalized spacial score (nSPS) is 17.1. The first-order chi connectivity index (χ1) is 9.56. The second-order valence-electron chi connectivity index (χ2n) is 5.34. The molecule has 1 aliphatic rings. The molecule has 6 nitrogen and oxygen atoms in total. The van der Waals surface area contributed by atoms with Gasteiger partial charge in [-0.2, -0.15) is 0 Å². The quantitative estimate of drug-likeness (QED) is 0.600. The lowest BCUT2D eigenvalue weighted by Gasteiger charge is -2.33. The highest BCUT2D eigenvalue weighted by molar-refractivity contribution is 5.50. The molecular formula is C14H22N4O2. The van der Waals surface area contributed by atoms with E-state index < -0.39 is 0 Å². The Morgan fingerprint density at radius 3 is 2.35 bits per heavy atom. The van der Waals surface area contributed by atoms with Crippen molar-refractivity contribution >= 4 is 11.4 Å². The van der Waals surface area contributed by atoms with Crippen LogP contribution >= 0.6 is 0 Å². The smallest absolute Gasteiger partial charge is 0.269 e. The van der Waals surface area contributed by atoms with Gasteiger partial charge in [0.2, 0.25) is 0 Å². The third kappa shape index (κ3) is 3.91. The van der Waals surface area contributed by atoms with Gasteiger partial charge in [-0.05, 0) is 19.2 Å². The van der Waals surface area contributed by atoms with Gasteiger partial charge in [0.05, 0.1) is 4.92 Å². The van der Waals surface area contributed by atoms with Gasteiger partial charge in [-0.3, -0.25) is 15.0 Å². The Balaban J connectivity index is 1.82. The van der Waals surface area contributed by atoms with E-state index in [-0.39, 0.29) is 10.6 Å². The van der Waals surface area contributed by atoms with E-state index in [9.17, 15) is 10.1 Å². The summed E-state index contributed by atoms with van der Waals surface area (Å²) in [6, 6.07) is 6.73. The minimum atomic E-state index is -0.367. The summed E-state index contributed by atoms with van der Waals surface area (Å²) in [6.07, 6.45) is 0. The van der Waals surface area contributed by atoms with Gasteiger partial charge in [-0.1, -0.05) is 0 Å². The number of piperazine rings is 1. The molecular weight excluding hydrogens is 256 g/mol. The molecule has 0 N–H and O–H groups in total. The van der Waals surface area contributed by atoms with Crippen LogP contribution in [-0.4, -0.2) is 68.1 Å². The molecule has 0 saturated carbocycles. The molecule has 2 rings (SSSR count). The van der Waals surface area contributed by atoms with Crippen LogP contribution in [0.3, 0.4) is 0 Å². The third-order valence-electron chi connectivity index (χ3n) is 3.85. The number of benzene rings is 1. The summed E-state index contributed by atoms with van der Waals surface area (Å²) in [5.74, 6) is 0. The molecule has 110 valence electrons. The molecule has 1 aromatic carbocycles. The molecule has 1 heterocycles. The number of anilines is 1. The summed E-state index contributed by atoms with van der Waals surface area (Å²) in [6.45, 7) is 6.44. The summed E-state index contributed by atoms with van der Waals surface area (Å²) in [7, 11) is 4.18. The summed E-state index contributed by atoms with van der Waals surface area (Å²) < 4.78 is 0. The van der Waals surface area contributed by atoms with E-state index in [1.54, 1.807) is 12.1 Å². The van der Waals surface area contributed by atoms with Crippen molar-refractivity contribution < 1.29 is 4.92 Å². The zero-order chi connectivity index (χ0) is 14.5. The van der Waals surface area contributed by atoms with E-state index in [2.05, 4.69) is 21.7 Å². The number of hydrogen-bond donors (Lipinski definition) is 0. The highest BCUT2D eigenvalue weighted by Crippen LogP contribution is 2.18. The maximum Gasteiger partial charge on any atom is 0.269 e. The second-order valence-corrected chi connectivity index (χ2v) is 5.34. The maximum absolute atomic E-state index is 10.6. The summed E-state index contributed by atoms with van der Waals surface area (Å²) in [5.41, 5.74) is 1.16. The fraction of sp³-hybridized carbons (Fsp3) is 0.571. The Bertz CT molecular complexity index is 441. The molecule has 20 heavy (non-hydrogen) atoms. The van der Waals surface area contributed by atoms with E-state index in [1.165, 1.54) is 0 Å². The van der Waals surface area contributed by atoms with E-state index in [0.29, 0.717) is 0 Å². The minimum absolute atomic E-state index is 0.140. The van der Waals surface area contributed by atoms with Crippen LogP contribution in [0.5, 0.6) is 0 Å². The predicted octanol–water partition coefficient (Wildman–Crippen LogP) is 1.28. The molecule has 1 aromatic rings. The van der Waals surface area contributed by atoms with Crippen LogP contribution in [0.15, 0.2) is 24.3 Å². The number of likely N-dealkylation sites (N-methyl/N-ethyl adjacent to an activating group) is 2. The molecule has 0 radical (unpaired) electrons. The number of nitro groups is 1. The van der Waals surface area contributed by atoms with Crippen LogP contribution in [0.2, 0.25) is 0 Å². The zero-order valence-electron chi connectivity index (χ0n) is 12.2. The lowest BCUT2D eigenvalue weighted by atomic mass is 10.2. The molecule has 0 aliphatic carbocycles. The standard InChI is InChI=1S/C14H22N4O2/c1-15-7-10-17(11-8-15)12-9-16(2)13-3-5-14(6-4-13)18(19)20/h3-6H,7-12H2,1-2H3. The van der Waals surface area contributed by atoms with E-state index in [0.717, 1.165) is 45.0 Å². The van der Waals surface area contributed by atoms with Gasteiger partial charge < -0.3 is 9.80 Å². The number of nitrogens with zero attached hydrogens (tertiary/aromatic N) is 4. The molecule has 1 aliphatic heterocycles. The van der Waals surface area contributed by atoms with Gasteiger partial charge in [0.25, 0.3) is 5.69 Å². The third-order valence-corrected chi connectivity index (χ3v) is 3.85. The number of rotatable bonds is 5. The van der Waals surface area contributed by atoms with Crippen molar-refractivity contribution in [1.82, 2.24) is 9.80 Å². The van der Waals surface area contributed by atoms with Gasteiger partial charge in [0, 0.05) is 64.1 Å². The number of non-ortho nitro benzene ring substituents is 1. The molecule has 0 aromatic heterocycles. The summed E-state index contributed by atoms with van der Waals surface area (Å²) in [5, 5.41) is 10.6. The Kier molecular flexibility index (Phi) is 4.92. The topological polar surface area (TPSA) is 52.9 Å². The van der Waals surface area contributed by atoms with Gasteiger partial charge in [0.15, 0.2) is 0 Å². The molecule has 1 fully saturated rings. The van der Waals surface area contributed by atoms with Crippen LogP contribution in [0, 0.1) is 10.1 Å². The van der Waals surface area contributed by atoms with E-state index in [1.807, 2.05) is 19.2 Å². The van der Waals surface area contributed by atoms with Crippen molar-refractivity contribution in [3.8, 4) is 0 Å². The molecule has 0 amide bonds. The molecule has 0 bridgehead atoms. The lowest BCUT2D eigenvalue weighted by Crippen LogP contribution is -2.46. The molecule has 0 atom stereocenters. The SMILES string of the molecule is CN1CCN(CCN(C)c2ccc([N+](=O)[O-])cc2)CC1. The molecule has 6 heteroatoms. The van der Waals surface area contributed by atoms with Crippen molar-refractivity contribution in [3.63, 3.8) is 0 Å². The summed E-state index contributed by atoms with van der Waals surface area (Å²) in [4.78, 5) is 17.2. The van der Waals surface area contributed by atoms with Crippen molar-refractivity contribution in [2.24, 2.45) is 0 Å². The molecule has 0 unspecified atom stereocenters. The Morgan fingerprint density at radius 2 is 1.80 bits per heavy atom.